The minimum Gasteiger partial charge on any atom is -0.340 e. The molecule has 1 aliphatic rings. The van der Waals surface area contributed by atoms with Crippen molar-refractivity contribution < 1.29 is 4.79 Å². The van der Waals surface area contributed by atoms with E-state index in [0.29, 0.717) is 6.42 Å². The fraction of sp³-hybridized carbons (Fsp3) is 0.562. The Morgan fingerprint density at radius 2 is 1.86 bits per heavy atom. The van der Waals surface area contributed by atoms with E-state index in [-0.39, 0.29) is 18.3 Å². The van der Waals surface area contributed by atoms with E-state index >= 15 is 0 Å². The zero-order valence-electron chi connectivity index (χ0n) is 12.8. The summed E-state index contributed by atoms with van der Waals surface area (Å²) in [5, 5.41) is 3.27. The molecule has 4 nitrogen and oxygen atoms in total. The highest BCUT2D eigenvalue weighted by Gasteiger charge is 2.16. The van der Waals surface area contributed by atoms with Crippen LogP contribution < -0.4 is 5.32 Å². The van der Waals surface area contributed by atoms with Gasteiger partial charge in [0.2, 0.25) is 5.91 Å². The summed E-state index contributed by atoms with van der Waals surface area (Å²) >= 11 is 0. The second-order valence-corrected chi connectivity index (χ2v) is 5.42. The van der Waals surface area contributed by atoms with E-state index in [1.54, 1.807) is 0 Å². The largest absolute Gasteiger partial charge is 0.340 e. The number of carbonyl (C=O) groups excluding carboxylic acids is 1. The molecule has 1 fully saturated rings. The van der Waals surface area contributed by atoms with Gasteiger partial charge in [-0.3, -0.25) is 4.79 Å². The molecule has 0 bridgehead atoms. The van der Waals surface area contributed by atoms with E-state index in [2.05, 4.69) is 41.5 Å². The van der Waals surface area contributed by atoms with Crippen LogP contribution in [0.1, 0.15) is 12.0 Å². The van der Waals surface area contributed by atoms with Gasteiger partial charge in [0.05, 0.1) is 0 Å². The Morgan fingerprint density at radius 3 is 2.52 bits per heavy atom. The lowest BCUT2D eigenvalue weighted by molar-refractivity contribution is -0.132. The minimum absolute atomic E-state index is 0. The van der Waals surface area contributed by atoms with Crippen molar-refractivity contribution in [3.63, 3.8) is 0 Å². The molecule has 1 saturated heterocycles. The van der Waals surface area contributed by atoms with E-state index in [9.17, 15) is 4.79 Å². The number of nitrogens with one attached hydrogen (secondary N) is 1. The molecule has 0 saturated carbocycles. The second kappa shape index (κ2) is 9.77. The molecular weight excluding hydrogens is 286 g/mol. The van der Waals surface area contributed by atoms with Crippen LogP contribution in [-0.4, -0.2) is 62.0 Å². The Bertz CT molecular complexity index is 407. The molecule has 1 amide bonds. The number of nitrogens with zero attached hydrogens (tertiary/aromatic N) is 2. The fourth-order valence-electron chi connectivity index (χ4n) is 2.44. The molecule has 1 heterocycles. The number of piperazine rings is 1. The first-order chi connectivity index (χ1) is 9.75. The first-order valence-electron chi connectivity index (χ1n) is 7.46. The van der Waals surface area contributed by atoms with Crippen molar-refractivity contribution in [1.82, 2.24) is 15.1 Å². The molecule has 1 aromatic carbocycles. The standard InChI is InChI=1S/C16H25N3O.ClH/c1-18(11-7-15-5-3-2-4-6-15)12-8-16(20)19-13-9-17-10-14-19;/h2-6,17H,7-14H2,1H3;1H. The van der Waals surface area contributed by atoms with Gasteiger partial charge in [0.1, 0.15) is 0 Å². The second-order valence-electron chi connectivity index (χ2n) is 5.42. The molecule has 0 aromatic heterocycles. The zero-order chi connectivity index (χ0) is 14.2. The molecular formula is C16H26ClN3O. The van der Waals surface area contributed by atoms with Gasteiger partial charge in [-0.25, -0.2) is 0 Å². The molecule has 2 rings (SSSR count). The summed E-state index contributed by atoms with van der Waals surface area (Å²) in [6.45, 7) is 5.40. The third-order valence-electron chi connectivity index (χ3n) is 3.80. The Balaban J connectivity index is 0.00000220. The molecule has 5 heteroatoms. The van der Waals surface area contributed by atoms with E-state index in [0.717, 1.165) is 45.7 Å². The van der Waals surface area contributed by atoms with Gasteiger partial charge in [-0.05, 0) is 19.0 Å². The quantitative estimate of drug-likeness (QED) is 0.863. The molecule has 0 aliphatic carbocycles. The first kappa shape index (κ1) is 18.0. The van der Waals surface area contributed by atoms with Crippen LogP contribution in [0.15, 0.2) is 30.3 Å². The summed E-state index contributed by atoms with van der Waals surface area (Å²) in [5.41, 5.74) is 1.35. The van der Waals surface area contributed by atoms with E-state index < -0.39 is 0 Å². The average molecular weight is 312 g/mol. The summed E-state index contributed by atoms with van der Waals surface area (Å²) in [6.07, 6.45) is 1.67. The molecule has 118 valence electrons. The van der Waals surface area contributed by atoms with Gasteiger partial charge in [0.15, 0.2) is 0 Å². The molecule has 21 heavy (non-hydrogen) atoms. The molecule has 1 aliphatic heterocycles. The fourth-order valence-corrected chi connectivity index (χ4v) is 2.44. The molecule has 0 radical (unpaired) electrons. The average Bonchev–Trinajstić information content (AvgIpc) is 2.52. The van der Waals surface area contributed by atoms with Gasteiger partial charge < -0.3 is 15.1 Å². The summed E-state index contributed by atoms with van der Waals surface area (Å²) in [6, 6.07) is 10.5. The highest BCUT2D eigenvalue weighted by Crippen LogP contribution is 2.02. The van der Waals surface area contributed by atoms with E-state index in [4.69, 9.17) is 0 Å². The zero-order valence-corrected chi connectivity index (χ0v) is 13.6. The number of rotatable bonds is 6. The Hall–Kier alpha value is -1.10. The molecule has 0 unspecified atom stereocenters. The van der Waals surface area contributed by atoms with Crippen LogP contribution in [0, 0.1) is 0 Å². The van der Waals surface area contributed by atoms with Crippen molar-refractivity contribution in [2.75, 3.05) is 46.3 Å². The summed E-state index contributed by atoms with van der Waals surface area (Å²) in [5.74, 6) is 0.290. The number of carbonyl (C=O) groups is 1. The van der Waals surface area contributed by atoms with Crippen molar-refractivity contribution in [2.45, 2.75) is 12.8 Å². The van der Waals surface area contributed by atoms with Crippen molar-refractivity contribution in [2.24, 2.45) is 0 Å². The normalized spacial score (nSPS) is 14.9. The monoisotopic (exact) mass is 311 g/mol. The van der Waals surface area contributed by atoms with Crippen LogP contribution in [0.3, 0.4) is 0 Å². The third kappa shape index (κ3) is 6.46. The summed E-state index contributed by atoms with van der Waals surface area (Å²) in [7, 11) is 2.09. The lowest BCUT2D eigenvalue weighted by Crippen LogP contribution is -2.47. The smallest absolute Gasteiger partial charge is 0.223 e. The number of benzene rings is 1. The predicted octanol–water partition coefficient (Wildman–Crippen LogP) is 1.40. The SMILES string of the molecule is CN(CCC(=O)N1CCNCC1)CCc1ccccc1.Cl. The first-order valence-corrected chi connectivity index (χ1v) is 7.46. The van der Waals surface area contributed by atoms with Crippen LogP contribution in [0.4, 0.5) is 0 Å². The van der Waals surface area contributed by atoms with Gasteiger partial charge >= 0.3 is 0 Å². The molecule has 0 atom stereocenters. The van der Waals surface area contributed by atoms with Crippen molar-refractivity contribution >= 4 is 18.3 Å². The maximum atomic E-state index is 12.0. The molecule has 1 aromatic rings. The number of amides is 1. The Morgan fingerprint density at radius 1 is 1.19 bits per heavy atom. The summed E-state index contributed by atoms with van der Waals surface area (Å²) < 4.78 is 0. The number of hydrogen-bond acceptors (Lipinski definition) is 3. The van der Waals surface area contributed by atoms with E-state index in [1.807, 2.05) is 11.0 Å². The van der Waals surface area contributed by atoms with Gasteiger partial charge in [-0.1, -0.05) is 30.3 Å². The predicted molar refractivity (Wildman–Crippen MR) is 89.0 cm³/mol. The lowest BCUT2D eigenvalue weighted by atomic mass is 10.1. The lowest BCUT2D eigenvalue weighted by Gasteiger charge is -2.28. The number of hydrogen-bond donors (Lipinski definition) is 1. The van der Waals surface area contributed by atoms with Crippen LogP contribution in [0.25, 0.3) is 0 Å². The molecule has 0 spiro atoms. The van der Waals surface area contributed by atoms with Gasteiger partial charge in [-0.2, -0.15) is 0 Å². The third-order valence-corrected chi connectivity index (χ3v) is 3.80. The van der Waals surface area contributed by atoms with Crippen molar-refractivity contribution in [1.29, 1.82) is 0 Å². The van der Waals surface area contributed by atoms with Crippen molar-refractivity contribution in [3.05, 3.63) is 35.9 Å². The van der Waals surface area contributed by atoms with Gasteiger partial charge in [-0.15, -0.1) is 12.4 Å². The van der Waals surface area contributed by atoms with Crippen LogP contribution in [-0.2, 0) is 11.2 Å². The van der Waals surface area contributed by atoms with Crippen LogP contribution in [0.5, 0.6) is 0 Å². The van der Waals surface area contributed by atoms with Crippen LogP contribution in [0.2, 0.25) is 0 Å². The van der Waals surface area contributed by atoms with E-state index in [1.165, 1.54) is 5.56 Å². The minimum atomic E-state index is 0. The Labute approximate surface area is 133 Å². The van der Waals surface area contributed by atoms with Gasteiger partial charge in [0, 0.05) is 45.7 Å². The highest BCUT2D eigenvalue weighted by atomic mass is 35.5. The summed E-state index contributed by atoms with van der Waals surface area (Å²) in [4.78, 5) is 16.3. The van der Waals surface area contributed by atoms with Gasteiger partial charge in [0.25, 0.3) is 0 Å². The topological polar surface area (TPSA) is 35.6 Å². The maximum absolute atomic E-state index is 12.0. The highest BCUT2D eigenvalue weighted by molar-refractivity contribution is 5.85. The Kier molecular flexibility index (Phi) is 8.35. The molecule has 1 N–H and O–H groups in total. The maximum Gasteiger partial charge on any atom is 0.223 e. The van der Waals surface area contributed by atoms with Crippen molar-refractivity contribution in [3.8, 4) is 0 Å². The number of halogens is 1. The van der Waals surface area contributed by atoms with Crippen LogP contribution >= 0.6 is 12.4 Å². The number of likely N-dealkylation sites (N-methyl/N-ethyl adjacent to an activating group) is 1.